The molecule has 1 amide bonds. The van der Waals surface area contributed by atoms with Crippen LogP contribution in [0, 0.1) is 6.92 Å². The van der Waals surface area contributed by atoms with Crippen LogP contribution in [-0.2, 0) is 23.2 Å². The number of aromatic nitrogens is 2. The number of carboxylic acids is 1. The number of amides is 1. The average Bonchev–Trinajstić information content (AvgIpc) is 3.19. The molecule has 0 saturated carbocycles. The summed E-state index contributed by atoms with van der Waals surface area (Å²) in [5.74, 6) is -1.38. The van der Waals surface area contributed by atoms with Crippen LogP contribution in [0.25, 0.3) is 0 Å². The number of hydrogen-bond acceptors (Lipinski definition) is 5. The van der Waals surface area contributed by atoms with Crippen molar-refractivity contribution in [3.63, 3.8) is 0 Å². The van der Waals surface area contributed by atoms with E-state index in [1.807, 2.05) is 32.2 Å². The van der Waals surface area contributed by atoms with Gasteiger partial charge in [0.25, 0.3) is 0 Å². The molecule has 2 N–H and O–H groups in total. The van der Waals surface area contributed by atoms with E-state index < -0.39 is 12.0 Å². The largest absolute Gasteiger partial charge is 0.477 e. The van der Waals surface area contributed by atoms with Gasteiger partial charge in [0.2, 0.25) is 5.91 Å². The molecular weight excluding hydrogens is 322 g/mol. The lowest BCUT2D eigenvalue weighted by Crippen LogP contribution is -2.42. The molecule has 2 heterocycles. The predicted molar refractivity (Wildman–Crippen MR) is 92.2 cm³/mol. The highest BCUT2D eigenvalue weighted by Gasteiger charge is 2.36. The zero-order valence-corrected chi connectivity index (χ0v) is 14.0. The second-order valence-corrected chi connectivity index (χ2v) is 5.85. The molecule has 0 fully saturated rings. The van der Waals surface area contributed by atoms with E-state index >= 15 is 0 Å². The molecule has 0 spiro atoms. The summed E-state index contributed by atoms with van der Waals surface area (Å²) in [7, 11) is 1.84. The summed E-state index contributed by atoms with van der Waals surface area (Å²) < 4.78 is 1.74. The number of nitrogens with zero attached hydrogens (tertiary/aromatic N) is 4. The van der Waals surface area contributed by atoms with Crippen LogP contribution in [0.15, 0.2) is 41.6 Å². The molecule has 1 aromatic carbocycles. The summed E-state index contributed by atoms with van der Waals surface area (Å²) in [6.07, 6.45) is 1.76. The molecule has 1 unspecified atom stereocenters. The smallest absolute Gasteiger partial charge is 0.352 e. The van der Waals surface area contributed by atoms with Crippen molar-refractivity contribution in [1.82, 2.24) is 15.1 Å². The van der Waals surface area contributed by atoms with Crippen molar-refractivity contribution in [2.75, 3.05) is 5.01 Å². The molecule has 1 aliphatic heterocycles. The van der Waals surface area contributed by atoms with E-state index in [-0.39, 0.29) is 18.0 Å². The fourth-order valence-corrected chi connectivity index (χ4v) is 2.68. The predicted octanol–water partition coefficient (Wildman–Crippen LogP) is 1.06. The summed E-state index contributed by atoms with van der Waals surface area (Å²) in [5, 5.41) is 21.8. The van der Waals surface area contributed by atoms with Crippen LogP contribution in [0.4, 0.5) is 5.69 Å². The SMILES string of the molecule is Cc1c(CNC(=O)C2CC(C(=O)O)=NN2c2ccccc2)cnn1C. The Morgan fingerprint density at radius 3 is 2.64 bits per heavy atom. The molecule has 25 heavy (non-hydrogen) atoms. The van der Waals surface area contributed by atoms with E-state index in [4.69, 9.17) is 0 Å². The van der Waals surface area contributed by atoms with Crippen molar-refractivity contribution in [1.29, 1.82) is 0 Å². The number of carbonyl (C=O) groups is 2. The molecule has 0 radical (unpaired) electrons. The van der Waals surface area contributed by atoms with E-state index in [0.29, 0.717) is 12.2 Å². The topological polar surface area (TPSA) is 99.8 Å². The van der Waals surface area contributed by atoms with Crippen LogP contribution in [0.5, 0.6) is 0 Å². The number of nitrogens with one attached hydrogen (secondary N) is 1. The molecule has 8 heteroatoms. The van der Waals surface area contributed by atoms with Crippen molar-refractivity contribution < 1.29 is 14.7 Å². The number of para-hydroxylation sites is 1. The number of hydrazone groups is 1. The molecular formula is C17H19N5O3. The Hall–Kier alpha value is -3.16. The highest BCUT2D eigenvalue weighted by atomic mass is 16.4. The zero-order chi connectivity index (χ0) is 18.0. The van der Waals surface area contributed by atoms with Gasteiger partial charge in [-0.25, -0.2) is 4.79 Å². The van der Waals surface area contributed by atoms with Crippen LogP contribution >= 0.6 is 0 Å². The third kappa shape index (κ3) is 3.37. The molecule has 2 aromatic rings. The van der Waals surface area contributed by atoms with Crippen molar-refractivity contribution in [2.45, 2.75) is 25.9 Å². The Balaban J connectivity index is 1.76. The van der Waals surface area contributed by atoms with Gasteiger partial charge in [0.1, 0.15) is 11.8 Å². The van der Waals surface area contributed by atoms with Crippen LogP contribution in [0.3, 0.4) is 0 Å². The van der Waals surface area contributed by atoms with Gasteiger partial charge in [0.15, 0.2) is 0 Å². The fourth-order valence-electron chi connectivity index (χ4n) is 2.68. The van der Waals surface area contributed by atoms with Gasteiger partial charge in [-0.05, 0) is 19.1 Å². The Morgan fingerprint density at radius 1 is 1.32 bits per heavy atom. The minimum atomic E-state index is -1.11. The van der Waals surface area contributed by atoms with Crippen molar-refractivity contribution in [2.24, 2.45) is 12.1 Å². The van der Waals surface area contributed by atoms with Crippen LogP contribution in [0.2, 0.25) is 0 Å². The van der Waals surface area contributed by atoms with E-state index in [9.17, 15) is 14.7 Å². The quantitative estimate of drug-likeness (QED) is 0.847. The number of hydrogen-bond donors (Lipinski definition) is 2. The summed E-state index contributed by atoms with van der Waals surface area (Å²) in [5.41, 5.74) is 2.53. The minimum Gasteiger partial charge on any atom is -0.477 e. The Labute approximate surface area is 144 Å². The summed E-state index contributed by atoms with van der Waals surface area (Å²) >= 11 is 0. The summed E-state index contributed by atoms with van der Waals surface area (Å²) in [6.45, 7) is 2.26. The first-order valence-electron chi connectivity index (χ1n) is 7.87. The monoisotopic (exact) mass is 341 g/mol. The highest BCUT2D eigenvalue weighted by Crippen LogP contribution is 2.24. The molecule has 3 rings (SSSR count). The van der Waals surface area contributed by atoms with Crippen molar-refractivity contribution >= 4 is 23.3 Å². The number of rotatable bonds is 5. The van der Waals surface area contributed by atoms with Gasteiger partial charge >= 0.3 is 5.97 Å². The van der Waals surface area contributed by atoms with E-state index in [0.717, 1.165) is 11.3 Å². The van der Waals surface area contributed by atoms with Gasteiger partial charge in [0, 0.05) is 31.3 Å². The first kappa shape index (κ1) is 16.7. The second kappa shape index (κ2) is 6.76. The maximum atomic E-state index is 12.6. The van der Waals surface area contributed by atoms with E-state index in [2.05, 4.69) is 15.5 Å². The van der Waals surface area contributed by atoms with Crippen LogP contribution in [-0.4, -0.2) is 38.5 Å². The number of anilines is 1. The average molecular weight is 341 g/mol. The number of carbonyl (C=O) groups excluding carboxylic acids is 1. The third-order valence-corrected chi connectivity index (χ3v) is 4.27. The number of benzene rings is 1. The van der Waals surface area contributed by atoms with Gasteiger partial charge < -0.3 is 10.4 Å². The first-order chi connectivity index (χ1) is 12.0. The Kier molecular flexibility index (Phi) is 4.51. The van der Waals surface area contributed by atoms with Gasteiger partial charge in [-0.15, -0.1) is 0 Å². The first-order valence-corrected chi connectivity index (χ1v) is 7.87. The number of carboxylic acid groups (broad SMARTS) is 1. The van der Waals surface area contributed by atoms with Gasteiger partial charge in [-0.2, -0.15) is 10.2 Å². The molecule has 0 aliphatic carbocycles. The lowest BCUT2D eigenvalue weighted by atomic mass is 10.1. The zero-order valence-electron chi connectivity index (χ0n) is 14.0. The lowest BCUT2D eigenvalue weighted by Gasteiger charge is -2.22. The molecule has 1 atom stereocenters. The van der Waals surface area contributed by atoms with Gasteiger partial charge in [-0.1, -0.05) is 18.2 Å². The Morgan fingerprint density at radius 2 is 2.04 bits per heavy atom. The fraction of sp³-hybridized carbons (Fsp3) is 0.294. The second-order valence-electron chi connectivity index (χ2n) is 5.85. The highest BCUT2D eigenvalue weighted by molar-refractivity contribution is 6.37. The molecule has 1 aromatic heterocycles. The van der Waals surface area contributed by atoms with Crippen LogP contribution < -0.4 is 10.3 Å². The maximum absolute atomic E-state index is 12.6. The minimum absolute atomic E-state index is 0.0263. The number of aryl methyl sites for hydroxylation is 1. The molecule has 1 aliphatic rings. The Bertz CT molecular complexity index is 828. The van der Waals surface area contributed by atoms with Gasteiger partial charge in [0.05, 0.1) is 11.9 Å². The van der Waals surface area contributed by atoms with Crippen molar-refractivity contribution in [3.05, 3.63) is 47.8 Å². The summed E-state index contributed by atoms with van der Waals surface area (Å²) in [4.78, 5) is 23.9. The molecule has 8 nitrogen and oxygen atoms in total. The third-order valence-electron chi connectivity index (χ3n) is 4.27. The maximum Gasteiger partial charge on any atom is 0.352 e. The molecule has 130 valence electrons. The van der Waals surface area contributed by atoms with Crippen LogP contribution in [0.1, 0.15) is 17.7 Å². The number of aliphatic carboxylic acids is 1. The van der Waals surface area contributed by atoms with Crippen molar-refractivity contribution in [3.8, 4) is 0 Å². The normalized spacial score (nSPS) is 16.6. The lowest BCUT2D eigenvalue weighted by molar-refractivity contribution is -0.129. The van der Waals surface area contributed by atoms with E-state index in [1.165, 1.54) is 5.01 Å². The molecule has 0 saturated heterocycles. The van der Waals surface area contributed by atoms with E-state index in [1.54, 1.807) is 23.0 Å². The summed E-state index contributed by atoms with van der Waals surface area (Å²) in [6, 6.07) is 8.38. The van der Waals surface area contributed by atoms with Gasteiger partial charge in [-0.3, -0.25) is 14.5 Å². The standard InChI is InChI=1S/C17H19N5O3/c1-11-12(10-19-21(11)2)9-18-16(23)15-8-14(17(24)25)20-22(15)13-6-4-3-5-7-13/h3-7,10,15H,8-9H2,1-2H3,(H,18,23)(H,24,25). The molecule has 0 bridgehead atoms.